The van der Waals surface area contributed by atoms with E-state index in [2.05, 4.69) is 10.3 Å². The normalized spacial score (nSPS) is 21.1. The van der Waals surface area contributed by atoms with Gasteiger partial charge in [-0.25, -0.2) is 14.7 Å². The van der Waals surface area contributed by atoms with Crippen molar-refractivity contribution < 1.29 is 9.59 Å². The van der Waals surface area contributed by atoms with E-state index in [-0.39, 0.29) is 11.1 Å². The van der Waals surface area contributed by atoms with Gasteiger partial charge in [0, 0.05) is 12.6 Å². The predicted molar refractivity (Wildman–Crippen MR) is 83.8 cm³/mol. The Morgan fingerprint density at radius 2 is 1.91 bits per heavy atom. The van der Waals surface area contributed by atoms with Gasteiger partial charge in [-0.2, -0.15) is 0 Å². The highest BCUT2D eigenvalue weighted by molar-refractivity contribution is 6.35. The van der Waals surface area contributed by atoms with E-state index < -0.39 is 11.6 Å². The molecule has 1 N–H and O–H groups in total. The lowest BCUT2D eigenvalue weighted by Crippen LogP contribution is -2.46. The second-order valence-electron chi connectivity index (χ2n) is 5.38. The minimum atomic E-state index is -1.00. The Labute approximate surface area is 132 Å². The van der Waals surface area contributed by atoms with Gasteiger partial charge in [-0.05, 0) is 24.6 Å². The molecule has 0 radical (unpaired) electrons. The molecule has 112 valence electrons. The number of benzene rings is 1. The molecule has 0 bridgehead atoms. The Kier molecular flexibility index (Phi) is 3.58. The molecule has 3 amide bonds. The molecule has 0 aliphatic carbocycles. The number of carbonyl (C=O) groups is 2. The highest BCUT2D eigenvalue weighted by Gasteiger charge is 2.49. The molecule has 2 aromatic rings. The molecule has 3 rings (SSSR count). The van der Waals surface area contributed by atoms with Crippen LogP contribution in [0.2, 0.25) is 5.15 Å². The third kappa shape index (κ3) is 2.44. The molecular formula is C16H14ClN3O2. The lowest BCUT2D eigenvalue weighted by Gasteiger charge is -2.21. The van der Waals surface area contributed by atoms with Gasteiger partial charge in [0.2, 0.25) is 0 Å². The summed E-state index contributed by atoms with van der Waals surface area (Å²) in [5.41, 5.74) is 0.263. The van der Waals surface area contributed by atoms with Crippen LogP contribution in [0.15, 0.2) is 48.7 Å². The maximum absolute atomic E-state index is 12.8. The number of pyridine rings is 1. The van der Waals surface area contributed by atoms with E-state index in [1.165, 1.54) is 6.20 Å². The quantitative estimate of drug-likeness (QED) is 0.700. The van der Waals surface area contributed by atoms with Crippen molar-refractivity contribution in [1.82, 2.24) is 10.3 Å². The third-order valence-corrected chi connectivity index (χ3v) is 3.93. The highest BCUT2D eigenvalue weighted by Crippen LogP contribution is 2.30. The molecular weight excluding hydrogens is 302 g/mol. The summed E-state index contributed by atoms with van der Waals surface area (Å²) in [5, 5.41) is 2.88. The van der Waals surface area contributed by atoms with E-state index in [1.807, 2.05) is 30.3 Å². The van der Waals surface area contributed by atoms with Crippen molar-refractivity contribution in [3.05, 3.63) is 59.4 Å². The van der Waals surface area contributed by atoms with E-state index in [1.54, 1.807) is 19.1 Å². The van der Waals surface area contributed by atoms with Gasteiger partial charge < -0.3 is 5.32 Å². The van der Waals surface area contributed by atoms with Crippen LogP contribution in [-0.2, 0) is 11.2 Å². The second-order valence-corrected chi connectivity index (χ2v) is 5.74. The van der Waals surface area contributed by atoms with Crippen LogP contribution in [0, 0.1) is 0 Å². The lowest BCUT2D eigenvalue weighted by molar-refractivity contribution is -0.121. The van der Waals surface area contributed by atoms with Gasteiger partial charge in [0.25, 0.3) is 5.91 Å². The van der Waals surface area contributed by atoms with Crippen LogP contribution >= 0.6 is 11.6 Å². The minimum absolute atomic E-state index is 0.120. The van der Waals surface area contributed by atoms with Crippen molar-refractivity contribution in [3.63, 3.8) is 0 Å². The van der Waals surface area contributed by atoms with Crippen molar-refractivity contribution >= 4 is 29.2 Å². The third-order valence-electron chi connectivity index (χ3n) is 3.64. The van der Waals surface area contributed by atoms with E-state index in [0.717, 1.165) is 10.5 Å². The summed E-state index contributed by atoms with van der Waals surface area (Å²) < 4.78 is 0. The number of hydrogen-bond donors (Lipinski definition) is 1. The van der Waals surface area contributed by atoms with E-state index >= 15 is 0 Å². The summed E-state index contributed by atoms with van der Waals surface area (Å²) in [6, 6.07) is 12.3. The first kappa shape index (κ1) is 14.5. The Hall–Kier alpha value is -2.40. The average molecular weight is 316 g/mol. The smallest absolute Gasteiger partial charge is 0.323 e. The minimum Gasteiger partial charge on any atom is -0.323 e. The number of halogens is 1. The van der Waals surface area contributed by atoms with Crippen molar-refractivity contribution in [1.29, 1.82) is 0 Å². The standard InChI is InChI=1S/C16H14ClN3O2/c1-16(10-11-6-3-2-4-7-11)14(21)20(15(22)19-16)12-8-5-9-18-13(12)17/h2-9H,10H2,1H3,(H,19,22)/t16-/m1/s1. The summed E-state index contributed by atoms with van der Waals surface area (Å²) in [5.74, 6) is -0.337. The van der Waals surface area contributed by atoms with Crippen LogP contribution in [-0.4, -0.2) is 22.5 Å². The molecule has 5 nitrogen and oxygen atoms in total. The van der Waals surface area contributed by atoms with Gasteiger partial charge in [0.05, 0.1) is 5.69 Å². The molecule has 1 aromatic heterocycles. The number of anilines is 1. The number of urea groups is 1. The fourth-order valence-corrected chi connectivity index (χ4v) is 2.78. The molecule has 6 heteroatoms. The molecule has 1 atom stereocenters. The molecule has 0 saturated carbocycles. The molecule has 0 spiro atoms. The summed E-state index contributed by atoms with van der Waals surface area (Å²) in [4.78, 5) is 30.0. The first-order valence-corrected chi connectivity index (χ1v) is 7.20. The Balaban J connectivity index is 1.93. The van der Waals surface area contributed by atoms with Gasteiger partial charge in [0.1, 0.15) is 5.54 Å². The molecule has 1 aliphatic rings. The fraction of sp³-hybridized carbons (Fsp3) is 0.188. The number of rotatable bonds is 3. The van der Waals surface area contributed by atoms with Crippen LogP contribution in [0.5, 0.6) is 0 Å². The average Bonchev–Trinajstić information content (AvgIpc) is 2.71. The maximum Gasteiger partial charge on any atom is 0.329 e. The van der Waals surface area contributed by atoms with E-state index in [9.17, 15) is 9.59 Å². The fourth-order valence-electron chi connectivity index (χ4n) is 2.57. The van der Waals surface area contributed by atoms with Crippen LogP contribution in [0.4, 0.5) is 10.5 Å². The first-order chi connectivity index (χ1) is 10.5. The van der Waals surface area contributed by atoms with Gasteiger partial charge >= 0.3 is 6.03 Å². The number of nitrogens with one attached hydrogen (secondary N) is 1. The molecule has 1 aromatic carbocycles. The Morgan fingerprint density at radius 1 is 1.18 bits per heavy atom. The zero-order chi connectivity index (χ0) is 15.7. The monoisotopic (exact) mass is 315 g/mol. The van der Waals surface area contributed by atoms with Gasteiger partial charge in [-0.15, -0.1) is 0 Å². The summed E-state index contributed by atoms with van der Waals surface area (Å²) in [7, 11) is 0. The van der Waals surface area contributed by atoms with Crippen molar-refractivity contribution in [3.8, 4) is 0 Å². The number of nitrogens with zero attached hydrogens (tertiary/aromatic N) is 2. The summed E-state index contributed by atoms with van der Waals surface area (Å²) in [6.45, 7) is 1.71. The van der Waals surface area contributed by atoms with Crippen LogP contribution < -0.4 is 10.2 Å². The van der Waals surface area contributed by atoms with Crippen LogP contribution in [0.3, 0.4) is 0 Å². The molecule has 0 unspecified atom stereocenters. The Bertz CT molecular complexity index is 735. The van der Waals surface area contributed by atoms with Crippen molar-refractivity contribution in [2.45, 2.75) is 18.9 Å². The number of hydrogen-bond acceptors (Lipinski definition) is 3. The zero-order valence-electron chi connectivity index (χ0n) is 11.9. The van der Waals surface area contributed by atoms with Crippen molar-refractivity contribution in [2.24, 2.45) is 0 Å². The molecule has 1 saturated heterocycles. The summed E-state index contributed by atoms with van der Waals surface area (Å²) >= 11 is 6.00. The van der Waals surface area contributed by atoms with E-state index in [4.69, 9.17) is 11.6 Å². The topological polar surface area (TPSA) is 62.3 Å². The van der Waals surface area contributed by atoms with Gasteiger partial charge in [0.15, 0.2) is 5.15 Å². The molecule has 22 heavy (non-hydrogen) atoms. The number of imide groups is 1. The molecule has 1 aliphatic heterocycles. The maximum atomic E-state index is 12.8. The lowest BCUT2D eigenvalue weighted by atomic mass is 9.93. The largest absolute Gasteiger partial charge is 0.329 e. The second kappa shape index (κ2) is 5.42. The Morgan fingerprint density at radius 3 is 2.59 bits per heavy atom. The highest BCUT2D eigenvalue weighted by atomic mass is 35.5. The SMILES string of the molecule is C[C@]1(Cc2ccccc2)NC(=O)N(c2cccnc2Cl)C1=O. The number of amides is 3. The van der Waals surface area contributed by atoms with Gasteiger partial charge in [-0.1, -0.05) is 41.9 Å². The molecule has 2 heterocycles. The van der Waals surface area contributed by atoms with Crippen LogP contribution in [0.1, 0.15) is 12.5 Å². The number of aromatic nitrogens is 1. The first-order valence-electron chi connectivity index (χ1n) is 6.82. The van der Waals surface area contributed by atoms with Gasteiger partial charge in [-0.3, -0.25) is 4.79 Å². The molecule has 1 fully saturated rings. The summed E-state index contributed by atoms with van der Waals surface area (Å²) in [6.07, 6.45) is 1.92. The van der Waals surface area contributed by atoms with Crippen LogP contribution in [0.25, 0.3) is 0 Å². The predicted octanol–water partition coefficient (Wildman–Crippen LogP) is 2.79. The van der Waals surface area contributed by atoms with E-state index in [0.29, 0.717) is 12.1 Å². The zero-order valence-corrected chi connectivity index (χ0v) is 12.7. The van der Waals surface area contributed by atoms with Crippen molar-refractivity contribution in [2.75, 3.05) is 4.90 Å². The number of carbonyl (C=O) groups excluding carboxylic acids is 2.